The van der Waals surface area contributed by atoms with E-state index in [1.165, 1.54) is 48.4 Å². The molecule has 1 fully saturated rings. The Bertz CT molecular complexity index is 329. The van der Waals surface area contributed by atoms with Gasteiger partial charge in [-0.15, -0.1) is 11.3 Å². The highest BCUT2D eigenvalue weighted by molar-refractivity contribution is 7.11. The van der Waals surface area contributed by atoms with Crippen LogP contribution in [0.1, 0.15) is 61.4 Å². The summed E-state index contributed by atoms with van der Waals surface area (Å²) in [5.41, 5.74) is 0. The summed E-state index contributed by atoms with van der Waals surface area (Å²) < 4.78 is 0. The largest absolute Gasteiger partial charge is 0.309 e. The molecule has 1 aliphatic carbocycles. The van der Waals surface area contributed by atoms with Crippen molar-refractivity contribution in [2.24, 2.45) is 5.92 Å². The van der Waals surface area contributed by atoms with E-state index >= 15 is 0 Å². The highest BCUT2D eigenvalue weighted by Gasteiger charge is 2.25. The molecule has 2 rings (SSSR count). The van der Waals surface area contributed by atoms with Gasteiger partial charge in [0.25, 0.3) is 0 Å². The van der Waals surface area contributed by atoms with Crippen molar-refractivity contribution >= 4 is 11.3 Å². The lowest BCUT2D eigenvalue weighted by Gasteiger charge is -2.30. The quantitative estimate of drug-likeness (QED) is 0.854. The molecule has 17 heavy (non-hydrogen) atoms. The number of thiazole rings is 1. The molecule has 96 valence electrons. The van der Waals surface area contributed by atoms with E-state index in [1.807, 2.05) is 11.3 Å². The van der Waals surface area contributed by atoms with Crippen LogP contribution in [0.25, 0.3) is 0 Å². The molecule has 0 spiro atoms. The maximum atomic E-state index is 4.42. The van der Waals surface area contributed by atoms with Crippen LogP contribution in [0.5, 0.6) is 0 Å². The van der Waals surface area contributed by atoms with Crippen molar-refractivity contribution in [2.45, 2.75) is 58.4 Å². The second kappa shape index (κ2) is 6.50. The first-order chi connectivity index (χ1) is 8.31. The number of nitrogens with one attached hydrogen (secondary N) is 1. The van der Waals surface area contributed by atoms with Crippen LogP contribution in [0, 0.1) is 12.8 Å². The van der Waals surface area contributed by atoms with E-state index in [9.17, 15) is 0 Å². The fourth-order valence-corrected chi connectivity index (χ4v) is 3.74. The second-order valence-corrected chi connectivity index (χ2v) is 6.38. The van der Waals surface area contributed by atoms with Crippen LogP contribution in [0.4, 0.5) is 0 Å². The summed E-state index contributed by atoms with van der Waals surface area (Å²) in [5, 5.41) is 4.93. The Morgan fingerprint density at radius 2 is 2.18 bits per heavy atom. The molecular weight excluding hydrogens is 228 g/mol. The molecule has 1 N–H and O–H groups in total. The van der Waals surface area contributed by atoms with Crippen molar-refractivity contribution in [3.05, 3.63) is 16.1 Å². The van der Waals surface area contributed by atoms with Gasteiger partial charge in [-0.1, -0.05) is 26.2 Å². The predicted octanol–water partition coefficient (Wildman–Crippen LogP) is 4.07. The molecule has 1 unspecified atom stereocenters. The van der Waals surface area contributed by atoms with E-state index in [0.29, 0.717) is 6.04 Å². The van der Waals surface area contributed by atoms with Gasteiger partial charge in [0.15, 0.2) is 0 Å². The summed E-state index contributed by atoms with van der Waals surface area (Å²) >= 11 is 1.87. The van der Waals surface area contributed by atoms with Gasteiger partial charge in [0.05, 0.1) is 5.01 Å². The summed E-state index contributed by atoms with van der Waals surface area (Å²) in [6.45, 7) is 5.47. The zero-order valence-electron chi connectivity index (χ0n) is 11.0. The van der Waals surface area contributed by atoms with Crippen LogP contribution < -0.4 is 5.32 Å². The van der Waals surface area contributed by atoms with E-state index in [0.717, 1.165) is 12.5 Å². The number of aryl methyl sites for hydroxylation is 1. The van der Waals surface area contributed by atoms with Gasteiger partial charge in [-0.25, -0.2) is 4.98 Å². The third-order valence-corrected chi connectivity index (χ3v) is 4.68. The maximum absolute atomic E-state index is 4.42. The lowest BCUT2D eigenvalue weighted by molar-refractivity contribution is 0.274. The molecule has 1 heterocycles. The minimum absolute atomic E-state index is 0.557. The van der Waals surface area contributed by atoms with Gasteiger partial charge in [-0.2, -0.15) is 0 Å². The van der Waals surface area contributed by atoms with Crippen LogP contribution >= 0.6 is 11.3 Å². The molecule has 1 saturated carbocycles. The molecule has 3 heteroatoms. The molecular formula is C14H24N2S. The minimum Gasteiger partial charge on any atom is -0.309 e. The average molecular weight is 252 g/mol. The minimum atomic E-state index is 0.557. The van der Waals surface area contributed by atoms with Gasteiger partial charge in [0, 0.05) is 17.1 Å². The summed E-state index contributed by atoms with van der Waals surface area (Å²) in [6, 6.07) is 0.557. The van der Waals surface area contributed by atoms with E-state index in [4.69, 9.17) is 0 Å². The number of rotatable bonds is 5. The summed E-state index contributed by atoms with van der Waals surface area (Å²) in [7, 11) is 0. The van der Waals surface area contributed by atoms with Gasteiger partial charge in [-0.05, 0) is 38.6 Å². The molecule has 0 aromatic carbocycles. The molecule has 0 bridgehead atoms. The zero-order valence-corrected chi connectivity index (χ0v) is 11.9. The fraction of sp³-hybridized carbons (Fsp3) is 0.786. The Hall–Kier alpha value is -0.410. The van der Waals surface area contributed by atoms with Crippen molar-refractivity contribution in [3.8, 4) is 0 Å². The zero-order chi connectivity index (χ0) is 12.1. The van der Waals surface area contributed by atoms with Crippen LogP contribution in [-0.4, -0.2) is 11.5 Å². The van der Waals surface area contributed by atoms with Crippen molar-refractivity contribution in [3.63, 3.8) is 0 Å². The summed E-state index contributed by atoms with van der Waals surface area (Å²) in [6.07, 6.45) is 10.3. The Balaban J connectivity index is 2.06. The third-order valence-electron chi connectivity index (χ3n) is 3.68. The molecule has 0 aliphatic heterocycles. The highest BCUT2D eigenvalue weighted by Crippen LogP contribution is 2.36. The molecule has 1 aromatic rings. The third kappa shape index (κ3) is 3.52. The maximum Gasteiger partial charge on any atom is 0.0897 e. The molecule has 1 aromatic heterocycles. The molecule has 0 saturated heterocycles. The number of nitrogens with zero attached hydrogens (tertiary/aromatic N) is 1. The molecule has 2 nitrogen and oxygen atoms in total. The van der Waals surface area contributed by atoms with E-state index < -0.39 is 0 Å². The van der Waals surface area contributed by atoms with Gasteiger partial charge in [0.1, 0.15) is 0 Å². The van der Waals surface area contributed by atoms with Crippen LogP contribution in [-0.2, 0) is 0 Å². The smallest absolute Gasteiger partial charge is 0.0897 e. The number of hydrogen-bond acceptors (Lipinski definition) is 3. The lowest BCUT2D eigenvalue weighted by Crippen LogP contribution is -2.29. The molecule has 1 aliphatic rings. The van der Waals surface area contributed by atoms with Gasteiger partial charge in [0.2, 0.25) is 0 Å². The van der Waals surface area contributed by atoms with Crippen molar-refractivity contribution in [1.82, 2.24) is 10.3 Å². The number of hydrogen-bond donors (Lipinski definition) is 1. The first kappa shape index (κ1) is 13.0. The van der Waals surface area contributed by atoms with Crippen LogP contribution in [0.15, 0.2) is 6.20 Å². The molecule has 0 amide bonds. The van der Waals surface area contributed by atoms with Crippen LogP contribution in [0.2, 0.25) is 0 Å². The first-order valence-corrected chi connectivity index (χ1v) is 7.78. The Kier molecular flexibility index (Phi) is 4.99. The van der Waals surface area contributed by atoms with Gasteiger partial charge >= 0.3 is 0 Å². The normalized spacial score (nSPS) is 19.4. The fourth-order valence-electron chi connectivity index (χ4n) is 2.79. The monoisotopic (exact) mass is 252 g/mol. The predicted molar refractivity (Wildman–Crippen MR) is 74.5 cm³/mol. The molecule has 0 radical (unpaired) electrons. The second-order valence-electron chi connectivity index (χ2n) is 5.11. The summed E-state index contributed by atoms with van der Waals surface area (Å²) in [4.78, 5) is 5.87. The van der Waals surface area contributed by atoms with Crippen molar-refractivity contribution in [1.29, 1.82) is 0 Å². The van der Waals surface area contributed by atoms with Gasteiger partial charge < -0.3 is 5.32 Å². The Morgan fingerprint density at radius 1 is 1.41 bits per heavy atom. The lowest BCUT2D eigenvalue weighted by atomic mass is 9.83. The van der Waals surface area contributed by atoms with E-state index in [-0.39, 0.29) is 0 Å². The number of aromatic nitrogens is 1. The Labute approximate surface area is 109 Å². The van der Waals surface area contributed by atoms with Crippen molar-refractivity contribution < 1.29 is 0 Å². The standard InChI is InChI=1S/C14H24N2S/c1-3-9-15-14(12-7-5-4-6-8-12)13-10-16-11(2)17-13/h10,12,14-15H,3-9H2,1-2H3. The average Bonchev–Trinajstić information content (AvgIpc) is 2.78. The van der Waals surface area contributed by atoms with E-state index in [1.54, 1.807) is 0 Å². The Morgan fingerprint density at radius 3 is 2.76 bits per heavy atom. The molecule has 1 atom stereocenters. The SMILES string of the molecule is CCCNC(c1cnc(C)s1)C1CCCCC1. The van der Waals surface area contributed by atoms with E-state index in [2.05, 4.69) is 30.3 Å². The topological polar surface area (TPSA) is 24.9 Å². The van der Waals surface area contributed by atoms with Crippen LogP contribution in [0.3, 0.4) is 0 Å². The summed E-state index contributed by atoms with van der Waals surface area (Å²) in [5.74, 6) is 0.829. The first-order valence-electron chi connectivity index (χ1n) is 6.97. The van der Waals surface area contributed by atoms with Crippen molar-refractivity contribution in [2.75, 3.05) is 6.54 Å². The van der Waals surface area contributed by atoms with Gasteiger partial charge in [-0.3, -0.25) is 0 Å². The highest BCUT2D eigenvalue weighted by atomic mass is 32.1.